The Morgan fingerprint density at radius 3 is 2.65 bits per heavy atom. The van der Waals surface area contributed by atoms with E-state index >= 15 is 0 Å². The molecule has 1 aromatic carbocycles. The minimum absolute atomic E-state index is 0. The van der Waals surface area contributed by atoms with Crippen LogP contribution < -0.4 is 61.4 Å². The van der Waals surface area contributed by atoms with Gasteiger partial charge in [0.15, 0.2) is 5.78 Å². The first kappa shape index (κ1) is 15.7. The van der Waals surface area contributed by atoms with Crippen molar-refractivity contribution in [2.75, 3.05) is 11.4 Å². The van der Waals surface area contributed by atoms with Crippen LogP contribution in [0.1, 0.15) is 10.4 Å². The predicted octanol–water partition coefficient (Wildman–Crippen LogP) is -2.45. The quantitative estimate of drug-likeness (QED) is 0.568. The molecule has 0 fully saturated rings. The van der Waals surface area contributed by atoms with Crippen LogP contribution in [0.25, 0.3) is 0 Å². The number of carbonyl (C=O) groups is 2. The molecule has 0 saturated heterocycles. The van der Waals surface area contributed by atoms with Crippen LogP contribution in [0.4, 0.5) is 5.69 Å². The first-order chi connectivity index (χ1) is 9.18. The number of hydrogen-bond donors (Lipinski definition) is 0. The molecule has 96 valence electrons. The number of benzene rings is 1. The number of Topliss-reactive ketones (excluding diaryl/α,β-unsaturated/α-hetero) is 1. The van der Waals surface area contributed by atoms with E-state index in [1.54, 1.807) is 29.2 Å². The maximum absolute atomic E-state index is 12.4. The molecule has 1 heterocycles. The Hall–Kier alpha value is -0.724. The Morgan fingerprint density at radius 2 is 1.90 bits per heavy atom. The molecule has 0 spiro atoms. The van der Waals surface area contributed by atoms with Crippen molar-refractivity contribution in [2.45, 2.75) is 6.04 Å². The summed E-state index contributed by atoms with van der Waals surface area (Å²) in [4.78, 5) is 25.1. The van der Waals surface area contributed by atoms with Gasteiger partial charge in [0.2, 0.25) is 0 Å². The molecule has 1 aromatic rings. The van der Waals surface area contributed by atoms with Crippen molar-refractivity contribution in [2.24, 2.45) is 5.92 Å². The summed E-state index contributed by atoms with van der Waals surface area (Å²) < 4.78 is 0. The average molecular weight is 293 g/mol. The second-order valence-corrected chi connectivity index (χ2v) is 4.67. The Labute approximate surface area is 159 Å². The van der Waals surface area contributed by atoms with Crippen molar-refractivity contribution in [3.8, 4) is 0 Å². The zero-order valence-electron chi connectivity index (χ0n) is 11.2. The smallest absolute Gasteiger partial charge is 0.548 e. The van der Waals surface area contributed by atoms with Gasteiger partial charge in [0, 0.05) is 11.3 Å². The fourth-order valence-electron chi connectivity index (χ4n) is 2.74. The van der Waals surface area contributed by atoms with E-state index in [2.05, 4.69) is 0 Å². The number of carbonyl (C=O) groups excluding carboxylic acids is 2. The van der Waals surface area contributed by atoms with Gasteiger partial charge in [-0.15, -0.1) is 0 Å². The molecule has 1 aliphatic carbocycles. The number of allylic oxidation sites excluding steroid dienone is 2. The topological polar surface area (TPSA) is 60.4 Å². The zero-order valence-corrected chi connectivity index (χ0v) is 14.3. The minimum atomic E-state index is -1.15. The molecular formula is C15H12KNO3. The standard InChI is InChI=1S/C15H13NO3.K/c17-14(18)9-16-12-7-3-1-5-10(12)15(19)11-6-2-4-8-13(11)16;/h1-8,10,12H,9H2,(H,17,18);/q;+1/p-1. The maximum atomic E-state index is 12.4. The van der Waals surface area contributed by atoms with E-state index in [4.69, 9.17) is 0 Å². The number of ketones is 1. The summed E-state index contributed by atoms with van der Waals surface area (Å²) in [6, 6.07) is 6.86. The van der Waals surface area contributed by atoms with Crippen LogP contribution in [0, 0.1) is 5.92 Å². The van der Waals surface area contributed by atoms with Gasteiger partial charge in [-0.05, 0) is 12.1 Å². The Balaban J connectivity index is 0.00000147. The Kier molecular flexibility index (Phi) is 4.98. The van der Waals surface area contributed by atoms with Crippen molar-refractivity contribution >= 4 is 17.4 Å². The molecule has 1 aliphatic heterocycles. The van der Waals surface area contributed by atoms with Crippen LogP contribution in [0.3, 0.4) is 0 Å². The summed E-state index contributed by atoms with van der Waals surface area (Å²) in [5, 5.41) is 11.0. The number of para-hydroxylation sites is 1. The van der Waals surface area contributed by atoms with Crippen LogP contribution in [0.15, 0.2) is 48.6 Å². The molecule has 0 N–H and O–H groups in total. The molecule has 5 heteroatoms. The van der Waals surface area contributed by atoms with Crippen LogP contribution in [-0.2, 0) is 4.79 Å². The third kappa shape index (κ3) is 2.69. The molecule has 20 heavy (non-hydrogen) atoms. The predicted molar refractivity (Wildman–Crippen MR) is 68.7 cm³/mol. The number of anilines is 1. The van der Waals surface area contributed by atoms with Gasteiger partial charge >= 0.3 is 51.4 Å². The van der Waals surface area contributed by atoms with E-state index in [9.17, 15) is 14.7 Å². The average Bonchev–Trinajstić information content (AvgIpc) is 2.43. The third-order valence-electron chi connectivity index (χ3n) is 3.55. The summed E-state index contributed by atoms with van der Waals surface area (Å²) >= 11 is 0. The van der Waals surface area contributed by atoms with E-state index < -0.39 is 5.97 Å². The molecule has 0 radical (unpaired) electrons. The van der Waals surface area contributed by atoms with E-state index in [-0.39, 0.29) is 75.7 Å². The maximum Gasteiger partial charge on any atom is 1.00 e. The van der Waals surface area contributed by atoms with Crippen molar-refractivity contribution in [3.63, 3.8) is 0 Å². The summed E-state index contributed by atoms with van der Waals surface area (Å²) in [6.07, 6.45) is 7.35. The summed E-state index contributed by atoms with van der Waals surface area (Å²) in [5.74, 6) is -1.43. The monoisotopic (exact) mass is 293 g/mol. The van der Waals surface area contributed by atoms with Gasteiger partial charge in [0.1, 0.15) is 0 Å². The molecule has 2 atom stereocenters. The third-order valence-corrected chi connectivity index (χ3v) is 3.55. The number of aliphatic carboxylic acids is 1. The fraction of sp³-hybridized carbons (Fsp3) is 0.200. The van der Waals surface area contributed by atoms with Crippen LogP contribution >= 0.6 is 0 Å². The van der Waals surface area contributed by atoms with Crippen LogP contribution in [0.5, 0.6) is 0 Å². The van der Waals surface area contributed by atoms with Gasteiger partial charge in [0.25, 0.3) is 0 Å². The first-order valence-corrected chi connectivity index (χ1v) is 6.13. The van der Waals surface area contributed by atoms with Crippen molar-refractivity contribution in [1.82, 2.24) is 0 Å². The number of fused-ring (bicyclic) bond motifs is 2. The minimum Gasteiger partial charge on any atom is -0.548 e. The normalized spacial score (nSPS) is 22.8. The van der Waals surface area contributed by atoms with Gasteiger partial charge in [0.05, 0.1) is 24.5 Å². The molecule has 2 aliphatic rings. The molecule has 4 nitrogen and oxygen atoms in total. The summed E-state index contributed by atoms with van der Waals surface area (Å²) in [6.45, 7) is -0.219. The van der Waals surface area contributed by atoms with Crippen LogP contribution in [0.2, 0.25) is 0 Å². The van der Waals surface area contributed by atoms with E-state index in [1.807, 2.05) is 24.3 Å². The molecule has 0 amide bonds. The van der Waals surface area contributed by atoms with Gasteiger partial charge in [-0.25, -0.2) is 0 Å². The number of rotatable bonds is 2. The molecule has 0 aromatic heterocycles. The van der Waals surface area contributed by atoms with Crippen molar-refractivity contribution < 1.29 is 66.1 Å². The second kappa shape index (κ2) is 6.36. The summed E-state index contributed by atoms with van der Waals surface area (Å²) in [5.41, 5.74) is 1.24. The van der Waals surface area contributed by atoms with Crippen LogP contribution in [-0.4, -0.2) is 24.3 Å². The summed E-state index contributed by atoms with van der Waals surface area (Å²) in [7, 11) is 0. The van der Waals surface area contributed by atoms with Crippen molar-refractivity contribution in [3.05, 3.63) is 54.1 Å². The van der Waals surface area contributed by atoms with Gasteiger partial charge in [-0.3, -0.25) is 4.79 Å². The number of carboxylic acid groups (broad SMARTS) is 1. The fourth-order valence-corrected chi connectivity index (χ4v) is 2.74. The van der Waals surface area contributed by atoms with Gasteiger partial charge in [-0.1, -0.05) is 36.4 Å². The molecule has 0 saturated carbocycles. The largest absolute Gasteiger partial charge is 1.00 e. The Morgan fingerprint density at radius 1 is 1.20 bits per heavy atom. The molecular weight excluding hydrogens is 281 g/mol. The van der Waals surface area contributed by atoms with Gasteiger partial charge < -0.3 is 14.8 Å². The van der Waals surface area contributed by atoms with E-state index in [1.165, 1.54) is 0 Å². The van der Waals surface area contributed by atoms with E-state index in [0.29, 0.717) is 11.3 Å². The molecule has 2 unspecified atom stereocenters. The molecule has 0 bridgehead atoms. The second-order valence-electron chi connectivity index (χ2n) is 4.67. The van der Waals surface area contributed by atoms with E-state index in [0.717, 1.165) is 0 Å². The number of carboxylic acids is 1. The number of hydrogen-bond acceptors (Lipinski definition) is 4. The number of nitrogens with zero attached hydrogens (tertiary/aromatic N) is 1. The van der Waals surface area contributed by atoms with Gasteiger partial charge in [-0.2, -0.15) is 0 Å². The zero-order chi connectivity index (χ0) is 13.4. The SMILES string of the molecule is O=C([O-])CN1c2ccccc2C(=O)C2C=CC=CC21.[K+]. The first-order valence-electron chi connectivity index (χ1n) is 6.13. The molecule has 3 rings (SSSR count). The van der Waals surface area contributed by atoms with Crippen molar-refractivity contribution in [1.29, 1.82) is 0 Å². The Bertz CT molecular complexity index is 609.